The molecule has 0 radical (unpaired) electrons. The van der Waals surface area contributed by atoms with Crippen LogP contribution in [-0.2, 0) is 17.8 Å². The molecule has 1 fully saturated rings. The van der Waals surface area contributed by atoms with E-state index in [1.54, 1.807) is 11.1 Å². The van der Waals surface area contributed by atoms with E-state index in [0.717, 1.165) is 42.8 Å². The molecule has 4 rings (SSSR count). The van der Waals surface area contributed by atoms with Gasteiger partial charge in [-0.2, -0.15) is 0 Å². The molecule has 0 unspecified atom stereocenters. The van der Waals surface area contributed by atoms with Crippen molar-refractivity contribution >= 4 is 11.8 Å². The minimum Gasteiger partial charge on any atom is -0.350 e. The molecule has 2 amide bonds. The largest absolute Gasteiger partial charge is 0.350 e. The zero-order chi connectivity index (χ0) is 18.8. The van der Waals surface area contributed by atoms with Crippen LogP contribution in [0.3, 0.4) is 0 Å². The molecule has 1 aromatic carbocycles. The van der Waals surface area contributed by atoms with Crippen LogP contribution in [0.5, 0.6) is 0 Å². The smallest absolute Gasteiger partial charge is 0.257 e. The molecule has 0 atom stereocenters. The van der Waals surface area contributed by atoms with Crippen molar-refractivity contribution in [3.05, 3.63) is 58.7 Å². The number of nitrogens with one attached hydrogen (secondary N) is 1. The zero-order valence-electron chi connectivity index (χ0n) is 15.6. The van der Waals surface area contributed by atoms with E-state index in [1.165, 1.54) is 5.56 Å². The summed E-state index contributed by atoms with van der Waals surface area (Å²) < 4.78 is 0. The van der Waals surface area contributed by atoms with Gasteiger partial charge in [-0.1, -0.05) is 29.8 Å². The summed E-state index contributed by atoms with van der Waals surface area (Å²) in [5, 5.41) is 2.90. The molecular weight excluding hydrogens is 340 g/mol. The van der Waals surface area contributed by atoms with Crippen LogP contribution in [0.1, 0.15) is 58.2 Å². The second-order valence-corrected chi connectivity index (χ2v) is 7.46. The summed E-state index contributed by atoms with van der Waals surface area (Å²) in [7, 11) is 0. The third kappa shape index (κ3) is 4.15. The summed E-state index contributed by atoms with van der Waals surface area (Å²) in [4.78, 5) is 35.8. The minimum absolute atomic E-state index is 0.0640. The Bertz CT molecular complexity index is 859. The third-order valence-electron chi connectivity index (χ3n) is 5.13. The van der Waals surface area contributed by atoms with Crippen molar-refractivity contribution in [2.24, 2.45) is 0 Å². The quantitative estimate of drug-likeness (QED) is 0.884. The van der Waals surface area contributed by atoms with Crippen molar-refractivity contribution in [3.63, 3.8) is 0 Å². The molecule has 0 bridgehead atoms. The van der Waals surface area contributed by atoms with Crippen molar-refractivity contribution in [1.29, 1.82) is 0 Å². The van der Waals surface area contributed by atoms with Gasteiger partial charge in [-0.05, 0) is 38.2 Å². The van der Waals surface area contributed by atoms with E-state index in [2.05, 4.69) is 15.3 Å². The molecule has 0 saturated heterocycles. The highest BCUT2D eigenvalue weighted by atomic mass is 16.2. The van der Waals surface area contributed by atoms with Gasteiger partial charge in [0.25, 0.3) is 5.91 Å². The number of amides is 2. The molecule has 2 aliphatic rings. The number of hydrogen-bond acceptors (Lipinski definition) is 4. The lowest BCUT2D eigenvalue weighted by Gasteiger charge is -2.20. The Hall–Kier alpha value is -2.76. The van der Waals surface area contributed by atoms with Crippen molar-refractivity contribution in [3.8, 4) is 0 Å². The van der Waals surface area contributed by atoms with Crippen LogP contribution in [-0.4, -0.2) is 39.8 Å². The average molecular weight is 364 g/mol. The highest BCUT2D eigenvalue weighted by molar-refractivity contribution is 5.97. The fourth-order valence-electron chi connectivity index (χ4n) is 3.34. The lowest BCUT2D eigenvalue weighted by molar-refractivity contribution is -0.122. The second-order valence-electron chi connectivity index (χ2n) is 7.46. The molecule has 6 heteroatoms. The minimum atomic E-state index is -0.150. The number of carbonyl (C=O) groups is 2. The first-order chi connectivity index (χ1) is 13.1. The number of aromatic nitrogens is 2. The molecule has 6 nitrogen and oxygen atoms in total. The Morgan fingerprint density at radius 3 is 2.78 bits per heavy atom. The number of aryl methyl sites for hydroxylation is 2. The predicted octanol–water partition coefficient (Wildman–Crippen LogP) is 2.37. The van der Waals surface area contributed by atoms with Crippen molar-refractivity contribution in [2.75, 3.05) is 13.1 Å². The number of nitrogens with zero attached hydrogens (tertiary/aromatic N) is 3. The molecule has 0 spiro atoms. The van der Waals surface area contributed by atoms with Gasteiger partial charge in [-0.3, -0.25) is 9.59 Å². The Kier molecular flexibility index (Phi) is 4.88. The topological polar surface area (TPSA) is 75.2 Å². The summed E-state index contributed by atoms with van der Waals surface area (Å²) in [5.41, 5.74) is 3.61. The molecule has 2 heterocycles. The van der Waals surface area contributed by atoms with Crippen molar-refractivity contribution in [2.45, 2.75) is 45.1 Å². The van der Waals surface area contributed by atoms with Gasteiger partial charge in [-0.15, -0.1) is 0 Å². The summed E-state index contributed by atoms with van der Waals surface area (Å²) in [6, 6.07) is 8.04. The second kappa shape index (κ2) is 7.47. The van der Waals surface area contributed by atoms with Gasteiger partial charge in [0.1, 0.15) is 5.82 Å². The van der Waals surface area contributed by atoms with Gasteiger partial charge in [0, 0.05) is 25.2 Å². The van der Waals surface area contributed by atoms with Crippen LogP contribution in [0.4, 0.5) is 0 Å². The summed E-state index contributed by atoms with van der Waals surface area (Å²) >= 11 is 0. The Labute approximate surface area is 159 Å². The van der Waals surface area contributed by atoms with Crippen LogP contribution >= 0.6 is 0 Å². The highest BCUT2D eigenvalue weighted by Gasteiger charge is 2.30. The highest BCUT2D eigenvalue weighted by Crippen LogP contribution is 2.38. The monoisotopic (exact) mass is 364 g/mol. The Balaban J connectivity index is 1.39. The summed E-state index contributed by atoms with van der Waals surface area (Å²) in [5.74, 6) is 1.04. The number of rotatable bonds is 5. The van der Waals surface area contributed by atoms with Crippen LogP contribution in [0, 0.1) is 6.92 Å². The average Bonchev–Trinajstić information content (AvgIpc) is 3.51. The number of hydrogen-bond donors (Lipinski definition) is 1. The maximum atomic E-state index is 12.8. The molecule has 1 aliphatic heterocycles. The van der Waals surface area contributed by atoms with Crippen LogP contribution in [0.2, 0.25) is 0 Å². The fourth-order valence-corrected chi connectivity index (χ4v) is 3.34. The van der Waals surface area contributed by atoms with Gasteiger partial charge < -0.3 is 10.2 Å². The van der Waals surface area contributed by atoms with E-state index in [9.17, 15) is 9.59 Å². The van der Waals surface area contributed by atoms with E-state index >= 15 is 0 Å². The van der Waals surface area contributed by atoms with Crippen LogP contribution in [0.15, 0.2) is 30.5 Å². The Morgan fingerprint density at radius 2 is 2.04 bits per heavy atom. The van der Waals surface area contributed by atoms with E-state index in [-0.39, 0.29) is 18.4 Å². The first kappa shape index (κ1) is 17.6. The predicted molar refractivity (Wildman–Crippen MR) is 101 cm³/mol. The first-order valence-corrected chi connectivity index (χ1v) is 9.57. The number of carbonyl (C=O) groups excluding carboxylic acids is 2. The van der Waals surface area contributed by atoms with Gasteiger partial charge in [0.15, 0.2) is 0 Å². The number of fused-ring (bicyclic) bond motifs is 1. The number of benzene rings is 1. The Morgan fingerprint density at radius 1 is 1.26 bits per heavy atom. The van der Waals surface area contributed by atoms with Crippen molar-refractivity contribution in [1.82, 2.24) is 20.2 Å². The van der Waals surface area contributed by atoms with Crippen molar-refractivity contribution < 1.29 is 9.59 Å². The molecular formula is C21H24N4O2. The molecule has 27 heavy (non-hydrogen) atoms. The summed E-state index contributed by atoms with van der Waals surface area (Å²) in [6.07, 6.45) is 5.50. The van der Waals surface area contributed by atoms with Gasteiger partial charge >= 0.3 is 0 Å². The van der Waals surface area contributed by atoms with Gasteiger partial charge in [0.2, 0.25) is 5.91 Å². The zero-order valence-corrected chi connectivity index (χ0v) is 15.6. The molecule has 1 saturated carbocycles. The van der Waals surface area contributed by atoms with E-state index in [0.29, 0.717) is 24.6 Å². The van der Waals surface area contributed by atoms with Gasteiger partial charge in [-0.25, -0.2) is 9.97 Å². The standard InChI is InChI=1S/C21H24N4O2/c1-14-4-6-15(7-5-14)11-22-19(26)13-25-10-2-3-18-17(21(25)27)12-23-20(24-18)16-8-9-16/h4-7,12,16H,2-3,8-11,13H2,1H3,(H,22,26). The SMILES string of the molecule is Cc1ccc(CNC(=O)CN2CCCc3nc(C4CC4)ncc3C2=O)cc1. The molecule has 1 N–H and O–H groups in total. The van der Waals surface area contributed by atoms with Gasteiger partial charge in [0.05, 0.1) is 17.8 Å². The molecule has 140 valence electrons. The molecule has 1 aromatic heterocycles. The normalized spacial score (nSPS) is 16.6. The fraction of sp³-hybridized carbons (Fsp3) is 0.429. The van der Waals surface area contributed by atoms with Crippen LogP contribution in [0.25, 0.3) is 0 Å². The lowest BCUT2D eigenvalue weighted by atomic mass is 10.1. The molecule has 1 aliphatic carbocycles. The maximum Gasteiger partial charge on any atom is 0.257 e. The maximum absolute atomic E-state index is 12.8. The van der Waals surface area contributed by atoms with Crippen LogP contribution < -0.4 is 5.32 Å². The lowest BCUT2D eigenvalue weighted by Crippen LogP contribution is -2.40. The van der Waals surface area contributed by atoms with E-state index in [1.807, 2.05) is 31.2 Å². The molecule has 2 aromatic rings. The summed E-state index contributed by atoms with van der Waals surface area (Å²) in [6.45, 7) is 3.12. The van der Waals surface area contributed by atoms with E-state index in [4.69, 9.17) is 0 Å². The van der Waals surface area contributed by atoms with E-state index < -0.39 is 0 Å². The first-order valence-electron chi connectivity index (χ1n) is 9.57. The third-order valence-corrected chi connectivity index (χ3v) is 5.13.